The Balaban J connectivity index is 0.000000143. The van der Waals surface area contributed by atoms with Gasteiger partial charge < -0.3 is 4.90 Å². The van der Waals surface area contributed by atoms with Crippen molar-refractivity contribution in [1.82, 2.24) is 0 Å². The maximum atomic E-state index is 2.41. The van der Waals surface area contributed by atoms with Gasteiger partial charge in [-0.05, 0) is 165 Å². The largest absolute Gasteiger partial charge is 0.311 e. The smallest absolute Gasteiger partial charge is 0.0713 e. The number of thiophene rings is 1. The summed E-state index contributed by atoms with van der Waals surface area (Å²) < 4.78 is 2.68. The zero-order valence-corrected chi connectivity index (χ0v) is 49.7. The minimum absolute atomic E-state index is 0.401. The van der Waals surface area contributed by atoms with Crippen molar-refractivity contribution in [2.24, 2.45) is 0 Å². The van der Waals surface area contributed by atoms with Gasteiger partial charge in [0, 0.05) is 37.2 Å². The van der Waals surface area contributed by atoms with Crippen molar-refractivity contribution < 1.29 is 0 Å². The van der Waals surface area contributed by atoms with Crippen molar-refractivity contribution in [2.45, 2.75) is 5.41 Å². The third-order valence-electron chi connectivity index (χ3n) is 18.0. The second-order valence-corrected chi connectivity index (χ2v) is 24.0. The Kier molecular flexibility index (Phi) is 13.7. The molecule has 0 spiro atoms. The van der Waals surface area contributed by atoms with Crippen molar-refractivity contribution in [1.29, 1.82) is 0 Å². The predicted molar refractivity (Wildman–Crippen MR) is 380 cm³/mol. The molecule has 0 N–H and O–H groups in total. The Morgan fingerprint density at radius 1 is 0.225 bits per heavy atom. The molecule has 89 heavy (non-hydrogen) atoms. The fourth-order valence-corrected chi connectivity index (χ4v) is 15.3. The summed E-state index contributed by atoms with van der Waals surface area (Å²) in [5.74, 6) is 0. The lowest BCUT2D eigenvalue weighted by molar-refractivity contribution is 0.768. The number of anilines is 3. The molecule has 0 amide bonds. The van der Waals surface area contributed by atoms with Gasteiger partial charge in [0.25, 0.3) is 0 Å². The molecule has 17 rings (SSSR count). The van der Waals surface area contributed by atoms with E-state index >= 15 is 0 Å². The summed E-state index contributed by atoms with van der Waals surface area (Å²) in [4.78, 5) is 2.34. The fraction of sp³-hybridized carbons (Fsp3) is 0.0115. The molecule has 2 heteroatoms. The molecule has 0 bridgehead atoms. The van der Waals surface area contributed by atoms with E-state index in [-0.39, 0.29) is 0 Å². The molecule has 0 atom stereocenters. The summed E-state index contributed by atoms with van der Waals surface area (Å²) in [5, 5.41) is 7.76. The Morgan fingerprint density at radius 3 is 1.25 bits per heavy atom. The van der Waals surface area contributed by atoms with Gasteiger partial charge in [-0.1, -0.05) is 303 Å². The Bertz CT molecular complexity index is 5160. The predicted octanol–water partition coefficient (Wildman–Crippen LogP) is 24.2. The number of para-hydroxylation sites is 1. The van der Waals surface area contributed by atoms with Gasteiger partial charge >= 0.3 is 0 Å². The summed E-state index contributed by atoms with van der Waals surface area (Å²) in [5.41, 5.74) is 23.2. The van der Waals surface area contributed by atoms with Crippen LogP contribution in [0.1, 0.15) is 22.3 Å². The highest BCUT2D eigenvalue weighted by Gasteiger charge is 2.45. The van der Waals surface area contributed by atoms with E-state index in [9.17, 15) is 0 Å². The van der Waals surface area contributed by atoms with E-state index in [0.29, 0.717) is 0 Å². The van der Waals surface area contributed by atoms with E-state index in [1.807, 2.05) is 11.3 Å². The molecule has 0 saturated carbocycles. The third kappa shape index (κ3) is 9.41. The fourth-order valence-electron chi connectivity index (χ4n) is 14.1. The average molecular weight is 1150 g/mol. The lowest BCUT2D eigenvalue weighted by Gasteiger charge is -2.34. The second kappa shape index (κ2) is 22.9. The van der Waals surface area contributed by atoms with E-state index in [1.165, 1.54) is 131 Å². The number of hydrogen-bond donors (Lipinski definition) is 0. The van der Waals surface area contributed by atoms with Gasteiger partial charge in [-0.15, -0.1) is 11.3 Å². The molecule has 418 valence electrons. The number of fused-ring (bicyclic) bond motifs is 8. The van der Waals surface area contributed by atoms with Crippen LogP contribution in [0.5, 0.6) is 0 Å². The van der Waals surface area contributed by atoms with Gasteiger partial charge in [0.15, 0.2) is 0 Å². The van der Waals surface area contributed by atoms with Crippen molar-refractivity contribution in [2.75, 3.05) is 4.90 Å². The lowest BCUT2D eigenvalue weighted by Crippen LogP contribution is -2.28. The quantitative estimate of drug-likeness (QED) is 0.123. The maximum Gasteiger partial charge on any atom is 0.0713 e. The Labute approximate surface area is 524 Å². The van der Waals surface area contributed by atoms with E-state index in [1.54, 1.807) is 0 Å². The number of hydrogen-bond acceptors (Lipinski definition) is 2. The molecule has 1 nitrogen and oxygen atoms in total. The van der Waals surface area contributed by atoms with E-state index in [0.717, 1.165) is 17.1 Å². The van der Waals surface area contributed by atoms with Crippen molar-refractivity contribution in [3.63, 3.8) is 0 Å². The summed E-state index contributed by atoms with van der Waals surface area (Å²) in [6.07, 6.45) is 0. The zero-order chi connectivity index (χ0) is 59.1. The van der Waals surface area contributed by atoms with Gasteiger partial charge in [0.05, 0.1) is 5.41 Å². The van der Waals surface area contributed by atoms with Crippen LogP contribution >= 0.6 is 11.3 Å². The third-order valence-corrected chi connectivity index (χ3v) is 19.2. The first kappa shape index (κ1) is 53.3. The molecule has 0 aliphatic heterocycles. The summed E-state index contributed by atoms with van der Waals surface area (Å²) in [6.45, 7) is 0. The highest BCUT2D eigenvalue weighted by atomic mass is 32.1. The normalized spacial score (nSPS) is 12.1. The van der Waals surface area contributed by atoms with Crippen LogP contribution in [0.2, 0.25) is 0 Å². The van der Waals surface area contributed by atoms with Gasteiger partial charge in [-0.3, -0.25) is 0 Å². The lowest BCUT2D eigenvalue weighted by atomic mass is 9.68. The van der Waals surface area contributed by atoms with E-state index in [4.69, 9.17) is 0 Å². The number of benzene rings is 15. The van der Waals surface area contributed by atoms with Crippen molar-refractivity contribution >= 4 is 70.1 Å². The molecule has 0 unspecified atom stereocenters. The summed E-state index contributed by atoms with van der Waals surface area (Å²) in [6, 6.07) is 130. The van der Waals surface area contributed by atoms with Gasteiger partial charge in [-0.25, -0.2) is 0 Å². The molecular formula is C87H59NS. The van der Waals surface area contributed by atoms with Gasteiger partial charge in [0.1, 0.15) is 0 Å². The molecule has 0 fully saturated rings. The van der Waals surface area contributed by atoms with E-state index in [2.05, 4.69) is 363 Å². The molecule has 1 aliphatic rings. The SMILES string of the molecule is c1ccc(-c2c3ccccc3c(-c3ccccc3)c3cc(-c4cccc(-c5cccc6c5sc5ccccc56)c4)ccc23)cc1.c1ccc(-c2ccc(N(c3ccccc3)c3ccc(C4(c5ccccc5)c5ccccc5-c5ccccc54)cc3)cc2)cc1. The van der Waals surface area contributed by atoms with Crippen LogP contribution in [0.4, 0.5) is 17.1 Å². The van der Waals surface area contributed by atoms with Crippen LogP contribution in [0.3, 0.4) is 0 Å². The molecular weight excluding hydrogens is 1090 g/mol. The topological polar surface area (TPSA) is 3.24 Å². The van der Waals surface area contributed by atoms with Crippen LogP contribution in [-0.2, 0) is 5.41 Å². The van der Waals surface area contributed by atoms with Crippen molar-refractivity contribution in [3.8, 4) is 66.8 Å². The molecule has 1 aliphatic carbocycles. The van der Waals surface area contributed by atoms with Crippen LogP contribution < -0.4 is 4.90 Å². The minimum atomic E-state index is -0.401. The first-order chi connectivity index (χ1) is 44.2. The molecule has 0 radical (unpaired) electrons. The van der Waals surface area contributed by atoms with Crippen LogP contribution in [-0.4, -0.2) is 0 Å². The molecule has 16 aromatic rings. The first-order valence-electron chi connectivity index (χ1n) is 30.6. The molecule has 1 aromatic heterocycles. The van der Waals surface area contributed by atoms with Crippen LogP contribution in [0, 0.1) is 0 Å². The highest BCUT2D eigenvalue weighted by Crippen LogP contribution is 2.56. The van der Waals surface area contributed by atoms with Gasteiger partial charge in [-0.2, -0.15) is 0 Å². The standard InChI is InChI=1S/C44H28S.C43H31N/c1-3-13-29(14-4-1)42-36-20-7-8-21-37(36)43(30-15-5-2-6-16-30)40-28-32(25-26-38(40)42)31-17-11-18-33(27-31)34-22-12-23-39-35-19-9-10-24-41(35)45-44(34)39;1-4-14-32(15-5-1)33-24-28-37(29-25-33)44(36-18-8-3-9-19-36)38-30-26-35(27-31-38)43(34-16-6-2-7-17-34)41-22-12-10-20-39(41)40-21-11-13-23-42(40)43/h1-28H;1-31H. The second-order valence-electron chi connectivity index (χ2n) is 23.0. The van der Waals surface area contributed by atoms with Gasteiger partial charge in [0.2, 0.25) is 0 Å². The molecule has 0 saturated heterocycles. The highest BCUT2D eigenvalue weighted by molar-refractivity contribution is 7.26. The van der Waals surface area contributed by atoms with Crippen LogP contribution in [0.25, 0.3) is 108 Å². The zero-order valence-electron chi connectivity index (χ0n) is 48.9. The van der Waals surface area contributed by atoms with E-state index < -0.39 is 5.41 Å². The summed E-state index contributed by atoms with van der Waals surface area (Å²) in [7, 11) is 0. The molecule has 15 aromatic carbocycles. The average Bonchev–Trinajstić information content (AvgIpc) is 1.62. The first-order valence-corrected chi connectivity index (χ1v) is 31.5. The molecule has 1 heterocycles. The maximum absolute atomic E-state index is 2.41. The Morgan fingerprint density at radius 2 is 0.618 bits per heavy atom. The van der Waals surface area contributed by atoms with Crippen LogP contribution in [0.15, 0.2) is 358 Å². The summed E-state index contributed by atoms with van der Waals surface area (Å²) >= 11 is 1.89. The Hall–Kier alpha value is -11.2. The monoisotopic (exact) mass is 1150 g/mol. The number of nitrogens with zero attached hydrogens (tertiary/aromatic N) is 1. The number of rotatable bonds is 10. The van der Waals surface area contributed by atoms with Crippen molar-refractivity contribution in [3.05, 3.63) is 380 Å². The minimum Gasteiger partial charge on any atom is -0.311 e.